The Balaban J connectivity index is 1.64. The molecule has 0 radical (unpaired) electrons. The summed E-state index contributed by atoms with van der Waals surface area (Å²) in [4.78, 5) is 40.4. The van der Waals surface area contributed by atoms with Crippen LogP contribution in [0.25, 0.3) is 22.0 Å². The largest absolute Gasteiger partial charge is 0.444 e. The fourth-order valence-electron chi connectivity index (χ4n) is 3.74. The van der Waals surface area contributed by atoms with Gasteiger partial charge in [0, 0.05) is 24.0 Å². The molecule has 3 rings (SSSR count). The maximum absolute atomic E-state index is 13.3. The van der Waals surface area contributed by atoms with Gasteiger partial charge in [-0.2, -0.15) is 0 Å². The van der Waals surface area contributed by atoms with Crippen LogP contribution in [0.3, 0.4) is 0 Å². The van der Waals surface area contributed by atoms with Gasteiger partial charge in [-0.25, -0.2) is 14.0 Å². The van der Waals surface area contributed by atoms with Crippen LogP contribution in [-0.2, 0) is 9.47 Å². The normalized spacial score (nSPS) is 12.5. The Morgan fingerprint density at radius 1 is 0.846 bits per heavy atom. The van der Waals surface area contributed by atoms with Crippen molar-refractivity contribution in [1.29, 1.82) is 0 Å². The number of hydrogen-bond acceptors (Lipinski definition) is 5. The van der Waals surface area contributed by atoms with Crippen LogP contribution in [0.1, 0.15) is 58.5 Å². The zero-order valence-corrected chi connectivity index (χ0v) is 23.2. The molecule has 1 atom stereocenters. The molecule has 39 heavy (non-hydrogen) atoms. The van der Waals surface area contributed by atoms with E-state index < -0.39 is 29.4 Å². The summed E-state index contributed by atoms with van der Waals surface area (Å²) in [5.41, 5.74) is 1.52. The average Bonchev–Trinajstić information content (AvgIpc) is 3.24. The number of hydrogen-bond donors (Lipinski definition) is 4. The topological polar surface area (TPSA) is 122 Å². The van der Waals surface area contributed by atoms with E-state index in [-0.39, 0.29) is 24.8 Å². The highest BCUT2D eigenvalue weighted by molar-refractivity contribution is 5.98. The summed E-state index contributed by atoms with van der Waals surface area (Å²) in [6.07, 6.45) is -0.870. The lowest BCUT2D eigenvalue weighted by molar-refractivity contribution is 0.0496. The SMILES string of the molecule is CC(C)(C)OC(=O)NCC[C@@H](CNC(=O)c1cc2ccc(-c3ccc(F)cc3)cc2[nH]1)NC(=O)OC(C)(C)C. The highest BCUT2D eigenvalue weighted by Gasteiger charge is 2.22. The summed E-state index contributed by atoms with van der Waals surface area (Å²) in [7, 11) is 0. The zero-order chi connectivity index (χ0) is 28.8. The fourth-order valence-corrected chi connectivity index (χ4v) is 3.74. The summed E-state index contributed by atoms with van der Waals surface area (Å²) >= 11 is 0. The van der Waals surface area contributed by atoms with Crippen molar-refractivity contribution in [2.45, 2.75) is 65.2 Å². The minimum Gasteiger partial charge on any atom is -0.444 e. The van der Waals surface area contributed by atoms with Gasteiger partial charge >= 0.3 is 12.2 Å². The minimum atomic E-state index is -0.691. The van der Waals surface area contributed by atoms with E-state index in [0.717, 1.165) is 22.0 Å². The molecule has 0 unspecified atom stereocenters. The van der Waals surface area contributed by atoms with Crippen molar-refractivity contribution >= 4 is 29.0 Å². The Labute approximate surface area is 227 Å². The molecule has 3 amide bonds. The minimum absolute atomic E-state index is 0.101. The number of H-pyrrole nitrogens is 1. The Kier molecular flexibility index (Phi) is 9.21. The van der Waals surface area contributed by atoms with Crippen molar-refractivity contribution < 1.29 is 28.2 Å². The molecule has 0 aliphatic heterocycles. The lowest BCUT2D eigenvalue weighted by atomic mass is 10.0. The molecule has 0 bridgehead atoms. The van der Waals surface area contributed by atoms with Crippen LogP contribution < -0.4 is 16.0 Å². The molecule has 2 aromatic carbocycles. The van der Waals surface area contributed by atoms with Crippen LogP contribution in [0.15, 0.2) is 48.5 Å². The summed E-state index contributed by atoms with van der Waals surface area (Å²) in [5, 5.41) is 9.09. The van der Waals surface area contributed by atoms with Crippen LogP contribution in [0.5, 0.6) is 0 Å². The quantitative estimate of drug-likeness (QED) is 0.300. The number of fused-ring (bicyclic) bond motifs is 1. The maximum atomic E-state index is 13.3. The predicted octanol–water partition coefficient (Wildman–Crippen LogP) is 5.51. The number of benzene rings is 2. The van der Waals surface area contributed by atoms with Gasteiger partial charge in [0.15, 0.2) is 0 Å². The number of carbonyl (C=O) groups is 3. The molecule has 10 heteroatoms. The van der Waals surface area contributed by atoms with Gasteiger partial charge in [0.2, 0.25) is 0 Å². The van der Waals surface area contributed by atoms with Gasteiger partial charge < -0.3 is 30.4 Å². The van der Waals surface area contributed by atoms with Gasteiger partial charge in [0.1, 0.15) is 22.7 Å². The van der Waals surface area contributed by atoms with Gasteiger partial charge in [0.25, 0.3) is 5.91 Å². The van der Waals surface area contributed by atoms with Crippen LogP contribution in [0, 0.1) is 5.82 Å². The second-order valence-electron chi connectivity index (χ2n) is 11.3. The average molecular weight is 541 g/mol. The standard InChI is InChI=1S/C29H37FN4O5/c1-28(2,3)38-26(36)31-14-13-22(33-27(37)39-29(4,5)6)17-32-25(35)24-16-20-8-7-19(15-23(20)34-24)18-9-11-21(30)12-10-18/h7-12,15-16,22,34H,13-14,17H2,1-6H3,(H,31,36)(H,32,35)(H,33,37)/t22-/m0/s1. The fraction of sp³-hybridized carbons (Fsp3) is 0.414. The summed E-state index contributed by atoms with van der Waals surface area (Å²) in [6.45, 7) is 10.9. The first kappa shape index (κ1) is 29.5. The molecule has 0 saturated heterocycles. The van der Waals surface area contributed by atoms with Crippen LogP contribution in [-0.4, -0.2) is 53.4 Å². The van der Waals surface area contributed by atoms with Crippen molar-refractivity contribution in [3.05, 3.63) is 60.0 Å². The number of alkyl carbamates (subject to hydrolysis) is 2. The zero-order valence-electron chi connectivity index (χ0n) is 23.2. The third-order valence-electron chi connectivity index (χ3n) is 5.44. The summed E-state index contributed by atoms with van der Waals surface area (Å²) in [5.74, 6) is -0.663. The first-order chi connectivity index (χ1) is 18.2. The van der Waals surface area contributed by atoms with Crippen molar-refractivity contribution in [1.82, 2.24) is 20.9 Å². The smallest absolute Gasteiger partial charge is 0.407 e. The Bertz CT molecular complexity index is 1310. The molecule has 3 aromatic rings. The lowest BCUT2D eigenvalue weighted by Crippen LogP contribution is -2.47. The number of rotatable bonds is 8. The third kappa shape index (κ3) is 9.63. The highest BCUT2D eigenvalue weighted by Crippen LogP contribution is 2.25. The van der Waals surface area contributed by atoms with Crippen molar-refractivity contribution in [2.75, 3.05) is 13.1 Å². The number of ether oxygens (including phenoxy) is 2. The molecular formula is C29H37FN4O5. The van der Waals surface area contributed by atoms with Crippen LogP contribution >= 0.6 is 0 Å². The van der Waals surface area contributed by atoms with E-state index >= 15 is 0 Å². The third-order valence-corrected chi connectivity index (χ3v) is 5.44. The molecule has 0 fully saturated rings. The molecule has 9 nitrogen and oxygen atoms in total. The highest BCUT2D eigenvalue weighted by atomic mass is 19.1. The molecule has 4 N–H and O–H groups in total. The first-order valence-corrected chi connectivity index (χ1v) is 12.8. The van der Waals surface area contributed by atoms with E-state index in [2.05, 4.69) is 20.9 Å². The predicted molar refractivity (Wildman–Crippen MR) is 148 cm³/mol. The van der Waals surface area contributed by atoms with E-state index in [1.54, 1.807) is 59.7 Å². The number of halogens is 1. The van der Waals surface area contributed by atoms with E-state index in [9.17, 15) is 18.8 Å². The number of amides is 3. The Hall–Kier alpha value is -4.08. The van der Waals surface area contributed by atoms with Crippen molar-refractivity contribution in [3.8, 4) is 11.1 Å². The summed E-state index contributed by atoms with van der Waals surface area (Å²) < 4.78 is 23.9. The first-order valence-electron chi connectivity index (χ1n) is 12.8. The van der Waals surface area contributed by atoms with Gasteiger partial charge in [-0.1, -0.05) is 24.3 Å². The van der Waals surface area contributed by atoms with Gasteiger partial charge in [-0.3, -0.25) is 4.79 Å². The van der Waals surface area contributed by atoms with Gasteiger partial charge in [0.05, 0.1) is 6.04 Å². The monoisotopic (exact) mass is 540 g/mol. The maximum Gasteiger partial charge on any atom is 0.407 e. The van der Waals surface area contributed by atoms with Crippen molar-refractivity contribution in [3.63, 3.8) is 0 Å². The molecular weight excluding hydrogens is 503 g/mol. The van der Waals surface area contributed by atoms with Gasteiger partial charge in [-0.05, 0) is 83.4 Å². The lowest BCUT2D eigenvalue weighted by Gasteiger charge is -2.24. The number of aromatic amines is 1. The molecule has 0 saturated carbocycles. The van der Waals surface area contributed by atoms with Gasteiger partial charge in [-0.15, -0.1) is 0 Å². The van der Waals surface area contributed by atoms with Crippen molar-refractivity contribution in [2.24, 2.45) is 0 Å². The molecule has 1 aromatic heterocycles. The van der Waals surface area contributed by atoms with Crippen LogP contribution in [0.4, 0.5) is 14.0 Å². The number of aromatic nitrogens is 1. The molecule has 0 aliphatic rings. The van der Waals surface area contributed by atoms with Crippen LogP contribution in [0.2, 0.25) is 0 Å². The second-order valence-corrected chi connectivity index (χ2v) is 11.3. The molecule has 0 spiro atoms. The van der Waals surface area contributed by atoms with E-state index in [1.165, 1.54) is 12.1 Å². The Morgan fingerprint density at radius 3 is 2.10 bits per heavy atom. The van der Waals surface area contributed by atoms with E-state index in [1.807, 2.05) is 18.2 Å². The molecule has 1 heterocycles. The number of nitrogens with one attached hydrogen (secondary N) is 4. The van der Waals surface area contributed by atoms with E-state index in [4.69, 9.17) is 9.47 Å². The summed E-state index contributed by atoms with van der Waals surface area (Å²) in [6, 6.07) is 13.1. The molecule has 0 aliphatic carbocycles. The second kappa shape index (κ2) is 12.2. The molecule has 210 valence electrons. The Morgan fingerprint density at radius 2 is 1.46 bits per heavy atom. The number of carbonyl (C=O) groups excluding carboxylic acids is 3. The van der Waals surface area contributed by atoms with E-state index in [0.29, 0.717) is 12.1 Å².